The fourth-order valence-corrected chi connectivity index (χ4v) is 3.17. The summed E-state index contributed by atoms with van der Waals surface area (Å²) in [5, 5.41) is 3.49. The second kappa shape index (κ2) is 5.68. The molecular weight excluding hydrogens is 266 g/mol. The molecule has 1 aromatic rings. The van der Waals surface area contributed by atoms with Crippen LogP contribution in [0.4, 0.5) is 0 Å². The highest BCUT2D eigenvalue weighted by molar-refractivity contribution is 5.81. The first-order chi connectivity index (χ1) is 10.1. The van der Waals surface area contributed by atoms with Crippen LogP contribution in [0.1, 0.15) is 37.7 Å². The second-order valence-corrected chi connectivity index (χ2v) is 6.29. The number of methoxy groups -OCH3 is 1. The van der Waals surface area contributed by atoms with Crippen molar-refractivity contribution in [3.05, 3.63) is 29.8 Å². The lowest BCUT2D eigenvalue weighted by molar-refractivity contribution is -0.148. The van der Waals surface area contributed by atoms with Gasteiger partial charge in [0.05, 0.1) is 7.11 Å². The Morgan fingerprint density at radius 1 is 1.33 bits per heavy atom. The van der Waals surface area contributed by atoms with Crippen LogP contribution in [0.15, 0.2) is 24.3 Å². The van der Waals surface area contributed by atoms with E-state index in [9.17, 15) is 4.79 Å². The van der Waals surface area contributed by atoms with Crippen LogP contribution in [0.25, 0.3) is 0 Å². The van der Waals surface area contributed by atoms with Crippen LogP contribution in [-0.2, 0) is 9.53 Å². The van der Waals surface area contributed by atoms with Crippen molar-refractivity contribution in [3.8, 4) is 5.75 Å². The SMILES string of the molecule is COC(=O)C1(NC2CC2)CCC(Oc2cccc(C)c2)C1. The molecule has 0 bridgehead atoms. The summed E-state index contributed by atoms with van der Waals surface area (Å²) in [6, 6.07) is 8.53. The first-order valence-electron chi connectivity index (χ1n) is 7.71. The van der Waals surface area contributed by atoms with Gasteiger partial charge in [-0.25, -0.2) is 0 Å². The Kier molecular flexibility index (Phi) is 3.89. The van der Waals surface area contributed by atoms with Crippen LogP contribution >= 0.6 is 0 Å². The Morgan fingerprint density at radius 2 is 2.14 bits per heavy atom. The summed E-state index contributed by atoms with van der Waals surface area (Å²) < 4.78 is 11.1. The zero-order chi connectivity index (χ0) is 14.9. The highest BCUT2D eigenvalue weighted by Gasteiger charge is 2.49. The van der Waals surface area contributed by atoms with Crippen LogP contribution in [0.3, 0.4) is 0 Å². The van der Waals surface area contributed by atoms with E-state index in [2.05, 4.69) is 18.3 Å². The molecule has 0 saturated heterocycles. The van der Waals surface area contributed by atoms with E-state index >= 15 is 0 Å². The molecule has 4 heteroatoms. The van der Waals surface area contributed by atoms with Gasteiger partial charge in [-0.05, 0) is 50.3 Å². The molecule has 4 nitrogen and oxygen atoms in total. The van der Waals surface area contributed by atoms with E-state index in [4.69, 9.17) is 9.47 Å². The number of benzene rings is 1. The molecule has 21 heavy (non-hydrogen) atoms. The average molecular weight is 289 g/mol. The van der Waals surface area contributed by atoms with Gasteiger partial charge in [0.15, 0.2) is 0 Å². The maximum Gasteiger partial charge on any atom is 0.326 e. The third-order valence-corrected chi connectivity index (χ3v) is 4.40. The summed E-state index contributed by atoms with van der Waals surface area (Å²) >= 11 is 0. The molecule has 2 saturated carbocycles. The predicted molar refractivity (Wildman–Crippen MR) is 80.4 cm³/mol. The minimum absolute atomic E-state index is 0.0668. The predicted octanol–water partition coefficient (Wildman–Crippen LogP) is 2.59. The van der Waals surface area contributed by atoms with Gasteiger partial charge in [-0.2, -0.15) is 0 Å². The third kappa shape index (κ3) is 3.21. The number of aryl methyl sites for hydroxylation is 1. The number of nitrogens with one attached hydrogen (secondary N) is 1. The van der Waals surface area contributed by atoms with E-state index in [0.717, 1.165) is 31.4 Å². The molecule has 3 rings (SSSR count). The Balaban J connectivity index is 1.68. The standard InChI is InChI=1S/C17H23NO3/c1-12-4-3-5-14(10-12)21-15-8-9-17(11-15,16(19)20-2)18-13-6-7-13/h3-5,10,13,15,18H,6-9,11H2,1-2H3. The number of hydrogen-bond acceptors (Lipinski definition) is 4. The van der Waals surface area contributed by atoms with Crippen molar-refractivity contribution < 1.29 is 14.3 Å². The molecule has 0 amide bonds. The third-order valence-electron chi connectivity index (χ3n) is 4.40. The van der Waals surface area contributed by atoms with Crippen LogP contribution in [0, 0.1) is 6.92 Å². The number of carbonyl (C=O) groups is 1. The van der Waals surface area contributed by atoms with E-state index in [0.29, 0.717) is 12.5 Å². The maximum absolute atomic E-state index is 12.2. The van der Waals surface area contributed by atoms with Crippen molar-refractivity contribution >= 4 is 5.97 Å². The zero-order valence-corrected chi connectivity index (χ0v) is 12.7. The van der Waals surface area contributed by atoms with Crippen molar-refractivity contribution in [2.75, 3.05) is 7.11 Å². The average Bonchev–Trinajstić information content (AvgIpc) is 3.18. The summed E-state index contributed by atoms with van der Waals surface area (Å²) in [6.07, 6.45) is 4.72. The van der Waals surface area contributed by atoms with Crippen LogP contribution in [-0.4, -0.2) is 30.8 Å². The Bertz CT molecular complexity index is 527. The number of esters is 1. The number of rotatable bonds is 5. The summed E-state index contributed by atoms with van der Waals surface area (Å²) in [5.74, 6) is 0.733. The summed E-state index contributed by atoms with van der Waals surface area (Å²) in [7, 11) is 1.47. The van der Waals surface area contributed by atoms with E-state index in [1.54, 1.807) is 0 Å². The Labute approximate surface area is 125 Å². The molecule has 114 valence electrons. The first kappa shape index (κ1) is 14.4. The number of hydrogen-bond donors (Lipinski definition) is 1. The second-order valence-electron chi connectivity index (χ2n) is 6.29. The number of carbonyl (C=O) groups excluding carboxylic acids is 1. The minimum atomic E-state index is -0.551. The molecule has 0 spiro atoms. The van der Waals surface area contributed by atoms with E-state index in [-0.39, 0.29) is 12.1 Å². The topological polar surface area (TPSA) is 47.6 Å². The smallest absolute Gasteiger partial charge is 0.326 e. The van der Waals surface area contributed by atoms with Gasteiger partial charge in [-0.1, -0.05) is 12.1 Å². The molecule has 2 unspecified atom stereocenters. The summed E-state index contributed by atoms with van der Waals surface area (Å²) in [5.41, 5.74) is 0.630. The van der Waals surface area contributed by atoms with Gasteiger partial charge >= 0.3 is 5.97 Å². The van der Waals surface area contributed by atoms with Gasteiger partial charge in [-0.3, -0.25) is 10.1 Å². The van der Waals surface area contributed by atoms with Crippen LogP contribution < -0.4 is 10.1 Å². The molecule has 2 aliphatic rings. The van der Waals surface area contributed by atoms with Crippen molar-refractivity contribution in [1.82, 2.24) is 5.32 Å². The fraction of sp³-hybridized carbons (Fsp3) is 0.588. The van der Waals surface area contributed by atoms with E-state index < -0.39 is 5.54 Å². The van der Waals surface area contributed by atoms with Crippen molar-refractivity contribution in [2.24, 2.45) is 0 Å². The highest BCUT2D eigenvalue weighted by atomic mass is 16.5. The van der Waals surface area contributed by atoms with Crippen molar-refractivity contribution in [1.29, 1.82) is 0 Å². The van der Waals surface area contributed by atoms with Gasteiger partial charge in [0, 0.05) is 12.5 Å². The summed E-state index contributed by atoms with van der Waals surface area (Å²) in [4.78, 5) is 12.2. The quantitative estimate of drug-likeness (QED) is 0.846. The van der Waals surface area contributed by atoms with E-state index in [1.807, 2.05) is 18.2 Å². The molecular formula is C17H23NO3. The molecule has 1 N–H and O–H groups in total. The molecule has 2 aliphatic carbocycles. The van der Waals surface area contributed by atoms with E-state index in [1.165, 1.54) is 12.7 Å². The highest BCUT2D eigenvalue weighted by Crippen LogP contribution is 2.37. The Hall–Kier alpha value is -1.55. The molecule has 0 radical (unpaired) electrons. The Morgan fingerprint density at radius 3 is 2.81 bits per heavy atom. The number of ether oxygens (including phenoxy) is 2. The van der Waals surface area contributed by atoms with Gasteiger partial charge in [0.1, 0.15) is 17.4 Å². The lowest BCUT2D eigenvalue weighted by Gasteiger charge is -2.27. The summed E-state index contributed by atoms with van der Waals surface area (Å²) in [6.45, 7) is 2.05. The molecule has 0 heterocycles. The fourth-order valence-electron chi connectivity index (χ4n) is 3.17. The van der Waals surface area contributed by atoms with Crippen molar-refractivity contribution in [3.63, 3.8) is 0 Å². The van der Waals surface area contributed by atoms with Gasteiger partial charge in [0.2, 0.25) is 0 Å². The molecule has 2 atom stereocenters. The minimum Gasteiger partial charge on any atom is -0.490 e. The molecule has 0 aliphatic heterocycles. The van der Waals surface area contributed by atoms with Gasteiger partial charge in [-0.15, -0.1) is 0 Å². The van der Waals surface area contributed by atoms with Crippen molar-refractivity contribution in [2.45, 2.75) is 56.7 Å². The van der Waals surface area contributed by atoms with Crippen LogP contribution in [0.2, 0.25) is 0 Å². The lowest BCUT2D eigenvalue weighted by atomic mass is 9.97. The first-order valence-corrected chi connectivity index (χ1v) is 7.71. The largest absolute Gasteiger partial charge is 0.490 e. The molecule has 2 fully saturated rings. The van der Waals surface area contributed by atoms with Gasteiger partial charge in [0.25, 0.3) is 0 Å². The monoisotopic (exact) mass is 289 g/mol. The lowest BCUT2D eigenvalue weighted by Crippen LogP contribution is -2.52. The maximum atomic E-state index is 12.2. The zero-order valence-electron chi connectivity index (χ0n) is 12.7. The molecule has 0 aromatic heterocycles. The van der Waals surface area contributed by atoms with Gasteiger partial charge < -0.3 is 9.47 Å². The normalized spacial score (nSPS) is 28.4. The van der Waals surface area contributed by atoms with Crippen LogP contribution in [0.5, 0.6) is 5.75 Å². The molecule has 1 aromatic carbocycles.